The highest BCUT2D eigenvalue weighted by Gasteiger charge is 2.19. The van der Waals surface area contributed by atoms with E-state index in [0.717, 1.165) is 44.8 Å². The number of hydrogen-bond donors (Lipinski definition) is 2. The lowest BCUT2D eigenvalue weighted by atomic mass is 9.97. The van der Waals surface area contributed by atoms with Crippen LogP contribution in [-0.4, -0.2) is 25.5 Å². The lowest BCUT2D eigenvalue weighted by Crippen LogP contribution is -2.38. The van der Waals surface area contributed by atoms with Crippen molar-refractivity contribution in [1.29, 1.82) is 0 Å². The van der Waals surface area contributed by atoms with Gasteiger partial charge in [0.15, 0.2) is 0 Å². The molecule has 0 aromatic carbocycles. The molecule has 2 N–H and O–H groups in total. The van der Waals surface area contributed by atoms with E-state index in [1.165, 1.54) is 25.7 Å². The summed E-state index contributed by atoms with van der Waals surface area (Å²) in [6.45, 7) is 7.41. The Morgan fingerprint density at radius 1 is 1.16 bits per heavy atom. The third-order valence-electron chi connectivity index (χ3n) is 3.72. The van der Waals surface area contributed by atoms with Crippen molar-refractivity contribution >= 4 is 18.3 Å². The van der Waals surface area contributed by atoms with E-state index >= 15 is 0 Å². The molecule has 0 aromatic rings. The van der Waals surface area contributed by atoms with Crippen LogP contribution in [0.25, 0.3) is 0 Å². The minimum absolute atomic E-state index is 0. The molecular weight excluding hydrogens is 260 g/mol. The molecule has 1 amide bonds. The number of amides is 1. The number of unbranched alkanes of at least 4 members (excludes halogenated alkanes) is 3. The summed E-state index contributed by atoms with van der Waals surface area (Å²) in [5.74, 6) is 1.36. The molecule has 3 nitrogen and oxygen atoms in total. The Bertz CT molecular complexity index is 228. The highest BCUT2D eigenvalue weighted by atomic mass is 35.5. The number of carbonyl (C=O) groups is 1. The molecule has 19 heavy (non-hydrogen) atoms. The van der Waals surface area contributed by atoms with Gasteiger partial charge in [0.2, 0.25) is 5.91 Å². The summed E-state index contributed by atoms with van der Waals surface area (Å²) in [7, 11) is 0. The first kappa shape index (κ1) is 18.7. The first-order chi connectivity index (χ1) is 8.70. The van der Waals surface area contributed by atoms with Crippen LogP contribution in [0.5, 0.6) is 0 Å². The largest absolute Gasteiger partial charge is 0.356 e. The smallest absolute Gasteiger partial charge is 0.223 e. The minimum atomic E-state index is 0. The zero-order chi connectivity index (χ0) is 13.2. The van der Waals surface area contributed by atoms with Gasteiger partial charge in [-0.1, -0.05) is 39.5 Å². The van der Waals surface area contributed by atoms with E-state index in [2.05, 4.69) is 24.5 Å². The fraction of sp³-hybridized carbons (Fsp3) is 0.933. The van der Waals surface area contributed by atoms with Crippen molar-refractivity contribution in [3.63, 3.8) is 0 Å². The van der Waals surface area contributed by atoms with E-state index in [9.17, 15) is 4.79 Å². The fourth-order valence-electron chi connectivity index (χ4n) is 2.47. The van der Waals surface area contributed by atoms with Gasteiger partial charge >= 0.3 is 0 Å². The molecule has 0 saturated carbocycles. The maximum Gasteiger partial charge on any atom is 0.223 e. The molecule has 114 valence electrons. The average molecular weight is 291 g/mol. The van der Waals surface area contributed by atoms with Crippen LogP contribution in [0.4, 0.5) is 0 Å². The Hall–Kier alpha value is -0.280. The Morgan fingerprint density at radius 3 is 2.42 bits per heavy atom. The van der Waals surface area contributed by atoms with E-state index in [4.69, 9.17) is 0 Å². The van der Waals surface area contributed by atoms with Gasteiger partial charge in [-0.15, -0.1) is 12.4 Å². The minimum Gasteiger partial charge on any atom is -0.356 e. The Morgan fingerprint density at radius 2 is 1.79 bits per heavy atom. The zero-order valence-electron chi connectivity index (χ0n) is 12.5. The summed E-state index contributed by atoms with van der Waals surface area (Å²) in [6.07, 6.45) is 8.36. The molecule has 0 bridgehead atoms. The second-order valence-corrected chi connectivity index (χ2v) is 5.91. The van der Waals surface area contributed by atoms with Crippen LogP contribution in [0.1, 0.15) is 58.8 Å². The van der Waals surface area contributed by atoms with Crippen LogP contribution in [-0.2, 0) is 4.79 Å². The lowest BCUT2D eigenvalue weighted by molar-refractivity contribution is -0.125. The van der Waals surface area contributed by atoms with Gasteiger partial charge in [0.05, 0.1) is 0 Å². The number of hydrogen-bond acceptors (Lipinski definition) is 2. The molecule has 0 radical (unpaired) electrons. The second kappa shape index (κ2) is 11.5. The van der Waals surface area contributed by atoms with Gasteiger partial charge in [-0.25, -0.2) is 0 Å². The maximum atomic E-state index is 11.8. The highest BCUT2D eigenvalue weighted by Crippen LogP contribution is 2.12. The van der Waals surface area contributed by atoms with Crippen LogP contribution in [0.2, 0.25) is 0 Å². The molecule has 0 aliphatic carbocycles. The van der Waals surface area contributed by atoms with Gasteiger partial charge in [-0.2, -0.15) is 0 Å². The first-order valence-corrected chi connectivity index (χ1v) is 7.68. The molecule has 1 fully saturated rings. The van der Waals surface area contributed by atoms with Crippen molar-refractivity contribution in [3.8, 4) is 0 Å². The number of carbonyl (C=O) groups excluding carboxylic acids is 1. The van der Waals surface area contributed by atoms with E-state index in [0.29, 0.717) is 0 Å². The van der Waals surface area contributed by atoms with Gasteiger partial charge in [0.25, 0.3) is 0 Å². The number of nitrogens with one attached hydrogen (secondary N) is 2. The van der Waals surface area contributed by atoms with Gasteiger partial charge in [0, 0.05) is 12.5 Å². The maximum absolute atomic E-state index is 11.8. The number of halogens is 1. The summed E-state index contributed by atoms with van der Waals surface area (Å²) in [5, 5.41) is 6.37. The van der Waals surface area contributed by atoms with Gasteiger partial charge < -0.3 is 10.6 Å². The Labute approximate surface area is 124 Å². The van der Waals surface area contributed by atoms with E-state index in [1.54, 1.807) is 0 Å². The molecule has 0 aromatic heterocycles. The molecule has 0 spiro atoms. The Balaban J connectivity index is 0.00000324. The van der Waals surface area contributed by atoms with Gasteiger partial charge in [0.1, 0.15) is 0 Å². The molecule has 1 heterocycles. The van der Waals surface area contributed by atoms with Crippen molar-refractivity contribution in [2.75, 3.05) is 19.6 Å². The van der Waals surface area contributed by atoms with Crippen LogP contribution in [0.15, 0.2) is 0 Å². The monoisotopic (exact) mass is 290 g/mol. The van der Waals surface area contributed by atoms with Gasteiger partial charge in [-0.3, -0.25) is 4.79 Å². The topological polar surface area (TPSA) is 41.1 Å². The molecule has 1 aliphatic rings. The predicted molar refractivity (Wildman–Crippen MR) is 83.8 cm³/mol. The third kappa shape index (κ3) is 9.28. The predicted octanol–water partition coefficient (Wildman–Crippen LogP) is 3.13. The summed E-state index contributed by atoms with van der Waals surface area (Å²) >= 11 is 0. The molecule has 0 unspecified atom stereocenters. The van der Waals surface area contributed by atoms with Crippen molar-refractivity contribution in [2.45, 2.75) is 58.8 Å². The summed E-state index contributed by atoms with van der Waals surface area (Å²) < 4.78 is 0. The van der Waals surface area contributed by atoms with E-state index in [1.807, 2.05) is 0 Å². The fourth-order valence-corrected chi connectivity index (χ4v) is 2.47. The molecule has 1 saturated heterocycles. The van der Waals surface area contributed by atoms with Crippen molar-refractivity contribution in [2.24, 2.45) is 11.8 Å². The molecule has 0 atom stereocenters. The summed E-state index contributed by atoms with van der Waals surface area (Å²) in [4.78, 5) is 11.8. The normalized spacial score (nSPS) is 16.2. The van der Waals surface area contributed by atoms with E-state index < -0.39 is 0 Å². The average Bonchev–Trinajstić information content (AvgIpc) is 2.38. The van der Waals surface area contributed by atoms with Crippen molar-refractivity contribution < 1.29 is 4.79 Å². The molecule has 1 aliphatic heterocycles. The van der Waals surface area contributed by atoms with Crippen LogP contribution in [0, 0.1) is 11.8 Å². The molecular formula is C15H31ClN2O. The van der Waals surface area contributed by atoms with Crippen molar-refractivity contribution in [3.05, 3.63) is 0 Å². The standard InChI is InChI=1S/C15H30N2O.ClH/c1-13(2)7-5-3-4-6-10-17-15(18)14-8-11-16-12-9-14;/h13-14,16H,3-12H2,1-2H3,(H,17,18);1H. The Kier molecular flexibility index (Phi) is 11.4. The quantitative estimate of drug-likeness (QED) is 0.674. The first-order valence-electron chi connectivity index (χ1n) is 7.68. The number of piperidine rings is 1. The second-order valence-electron chi connectivity index (χ2n) is 5.91. The van der Waals surface area contributed by atoms with Crippen molar-refractivity contribution in [1.82, 2.24) is 10.6 Å². The summed E-state index contributed by atoms with van der Waals surface area (Å²) in [6, 6.07) is 0. The number of rotatable bonds is 8. The lowest BCUT2D eigenvalue weighted by Gasteiger charge is -2.21. The molecule has 4 heteroatoms. The van der Waals surface area contributed by atoms with Crippen LogP contribution >= 0.6 is 12.4 Å². The molecule has 1 rings (SSSR count). The van der Waals surface area contributed by atoms with Crippen LogP contribution < -0.4 is 10.6 Å². The van der Waals surface area contributed by atoms with Gasteiger partial charge in [-0.05, 0) is 38.3 Å². The van der Waals surface area contributed by atoms with Crippen LogP contribution in [0.3, 0.4) is 0 Å². The SMILES string of the molecule is CC(C)CCCCCCNC(=O)C1CCNCC1.Cl. The third-order valence-corrected chi connectivity index (χ3v) is 3.72. The van der Waals surface area contributed by atoms with E-state index in [-0.39, 0.29) is 24.2 Å². The highest BCUT2D eigenvalue weighted by molar-refractivity contribution is 5.85. The summed E-state index contributed by atoms with van der Waals surface area (Å²) in [5.41, 5.74) is 0. The zero-order valence-corrected chi connectivity index (χ0v) is 13.4.